The monoisotopic (exact) mass is 188 g/mol. The van der Waals surface area contributed by atoms with Crippen molar-refractivity contribution in [1.82, 2.24) is 0 Å². The van der Waals surface area contributed by atoms with Gasteiger partial charge in [0, 0.05) is 0 Å². The molecule has 0 aromatic carbocycles. The fourth-order valence-corrected chi connectivity index (χ4v) is 0.988. The Bertz CT molecular complexity index is 148. The summed E-state index contributed by atoms with van der Waals surface area (Å²) < 4.78 is 0. The molecule has 0 fully saturated rings. The van der Waals surface area contributed by atoms with Crippen LogP contribution in [0, 0.1) is 5.92 Å². The molecule has 2 N–H and O–H groups in total. The summed E-state index contributed by atoms with van der Waals surface area (Å²) in [6, 6.07) is 0. The Morgan fingerprint density at radius 1 is 1.08 bits per heavy atom. The average Bonchev–Trinajstić information content (AvgIpc) is 2.01. The van der Waals surface area contributed by atoms with Gasteiger partial charge in [0.2, 0.25) is 0 Å². The zero-order chi connectivity index (χ0) is 10.7. The molecule has 13 heavy (non-hydrogen) atoms. The summed E-state index contributed by atoms with van der Waals surface area (Å²) in [6.45, 7) is 9.62. The fraction of sp³-hybridized carbons (Fsp3) is 1.00. The summed E-state index contributed by atoms with van der Waals surface area (Å²) in [5.41, 5.74) is -1.28. The molecule has 0 aromatic heterocycles. The van der Waals surface area contributed by atoms with Gasteiger partial charge in [0.15, 0.2) is 0 Å². The van der Waals surface area contributed by atoms with Gasteiger partial charge in [-0.3, -0.25) is 0 Å². The summed E-state index contributed by atoms with van der Waals surface area (Å²) in [7, 11) is 0. The van der Waals surface area contributed by atoms with Crippen molar-refractivity contribution in [2.75, 3.05) is 0 Å². The van der Waals surface area contributed by atoms with Gasteiger partial charge in [0.05, 0.1) is 11.2 Å². The second-order valence-electron chi connectivity index (χ2n) is 4.86. The van der Waals surface area contributed by atoms with E-state index in [-0.39, 0.29) is 5.92 Å². The molecule has 2 unspecified atom stereocenters. The summed E-state index contributed by atoms with van der Waals surface area (Å²) in [4.78, 5) is 0. The highest BCUT2D eigenvalue weighted by molar-refractivity contribution is 4.81. The van der Waals surface area contributed by atoms with Crippen LogP contribution in [0.1, 0.15) is 53.9 Å². The highest BCUT2D eigenvalue weighted by Gasteiger charge is 2.28. The van der Waals surface area contributed by atoms with Gasteiger partial charge in [-0.25, -0.2) is 0 Å². The number of aliphatic hydroxyl groups is 2. The number of rotatable bonds is 5. The smallest absolute Gasteiger partial charge is 0.0643 e. The van der Waals surface area contributed by atoms with Gasteiger partial charge in [-0.1, -0.05) is 20.8 Å². The molecular weight excluding hydrogens is 164 g/mol. The quantitative estimate of drug-likeness (QED) is 0.695. The van der Waals surface area contributed by atoms with E-state index in [1.54, 1.807) is 0 Å². The molecule has 2 atom stereocenters. The van der Waals surface area contributed by atoms with Crippen LogP contribution in [0.15, 0.2) is 0 Å². The van der Waals surface area contributed by atoms with Crippen molar-refractivity contribution < 1.29 is 10.2 Å². The van der Waals surface area contributed by atoms with Crippen LogP contribution in [0.4, 0.5) is 0 Å². The maximum Gasteiger partial charge on any atom is 0.0643 e. The van der Waals surface area contributed by atoms with Gasteiger partial charge in [0.1, 0.15) is 0 Å². The lowest BCUT2D eigenvalue weighted by Crippen LogP contribution is -2.34. The summed E-state index contributed by atoms with van der Waals surface area (Å²) in [5.74, 6) is 0.236. The minimum Gasteiger partial charge on any atom is -0.390 e. The molecule has 0 spiro atoms. The van der Waals surface area contributed by atoms with Crippen molar-refractivity contribution in [1.29, 1.82) is 0 Å². The van der Waals surface area contributed by atoms with E-state index in [4.69, 9.17) is 0 Å². The van der Waals surface area contributed by atoms with E-state index in [1.807, 2.05) is 34.6 Å². The Labute approximate surface area is 82.0 Å². The van der Waals surface area contributed by atoms with E-state index >= 15 is 0 Å². The summed E-state index contributed by atoms with van der Waals surface area (Å²) in [6.07, 6.45) is 2.06. The first-order valence-corrected chi connectivity index (χ1v) is 5.16. The molecule has 0 saturated heterocycles. The molecule has 0 bridgehead atoms. The SMILES string of the molecule is CCC(C)(O)CCC(C)(O)C(C)C. The molecule has 0 radical (unpaired) electrons. The van der Waals surface area contributed by atoms with Crippen molar-refractivity contribution in [3.05, 3.63) is 0 Å². The molecule has 2 heteroatoms. The normalized spacial score (nSPS) is 21.2. The fourth-order valence-electron chi connectivity index (χ4n) is 0.988. The second-order valence-corrected chi connectivity index (χ2v) is 4.86. The van der Waals surface area contributed by atoms with Crippen LogP contribution in [0.2, 0.25) is 0 Å². The topological polar surface area (TPSA) is 40.5 Å². The highest BCUT2D eigenvalue weighted by Crippen LogP contribution is 2.26. The third-order valence-electron chi connectivity index (χ3n) is 3.18. The van der Waals surface area contributed by atoms with Gasteiger partial charge in [-0.2, -0.15) is 0 Å². The molecule has 0 aromatic rings. The van der Waals surface area contributed by atoms with E-state index in [1.165, 1.54) is 0 Å². The lowest BCUT2D eigenvalue weighted by molar-refractivity contribution is -0.0294. The molecular formula is C11H24O2. The third kappa shape index (κ3) is 4.63. The first kappa shape index (κ1) is 12.9. The maximum atomic E-state index is 9.94. The summed E-state index contributed by atoms with van der Waals surface area (Å²) in [5, 5.41) is 19.7. The zero-order valence-corrected chi connectivity index (χ0v) is 9.59. The number of hydrogen-bond donors (Lipinski definition) is 2. The maximum absolute atomic E-state index is 9.94. The first-order chi connectivity index (χ1) is 5.71. The van der Waals surface area contributed by atoms with Crippen molar-refractivity contribution in [3.8, 4) is 0 Å². The van der Waals surface area contributed by atoms with Crippen molar-refractivity contribution in [2.24, 2.45) is 5.92 Å². The molecule has 2 nitrogen and oxygen atoms in total. The molecule has 0 saturated carbocycles. The first-order valence-electron chi connectivity index (χ1n) is 5.16. The van der Waals surface area contributed by atoms with Crippen molar-refractivity contribution in [3.63, 3.8) is 0 Å². The van der Waals surface area contributed by atoms with E-state index in [9.17, 15) is 10.2 Å². The lowest BCUT2D eigenvalue weighted by Gasteiger charge is -2.31. The molecule has 0 rings (SSSR count). The van der Waals surface area contributed by atoms with Gasteiger partial charge >= 0.3 is 0 Å². The van der Waals surface area contributed by atoms with Crippen LogP contribution >= 0.6 is 0 Å². The van der Waals surface area contributed by atoms with Crippen LogP contribution < -0.4 is 0 Å². The van der Waals surface area contributed by atoms with Crippen LogP contribution in [-0.2, 0) is 0 Å². The van der Waals surface area contributed by atoms with Gasteiger partial charge in [-0.15, -0.1) is 0 Å². The van der Waals surface area contributed by atoms with Crippen LogP contribution in [0.25, 0.3) is 0 Å². The molecule has 0 aliphatic heterocycles. The molecule has 0 heterocycles. The van der Waals surface area contributed by atoms with Crippen molar-refractivity contribution in [2.45, 2.75) is 65.1 Å². The highest BCUT2D eigenvalue weighted by atomic mass is 16.3. The Morgan fingerprint density at radius 3 is 1.85 bits per heavy atom. The Morgan fingerprint density at radius 2 is 1.54 bits per heavy atom. The van der Waals surface area contributed by atoms with Crippen LogP contribution in [0.3, 0.4) is 0 Å². The van der Waals surface area contributed by atoms with Gasteiger partial charge in [-0.05, 0) is 39.0 Å². The third-order valence-corrected chi connectivity index (χ3v) is 3.18. The Kier molecular flexibility index (Phi) is 4.40. The largest absolute Gasteiger partial charge is 0.390 e. The van der Waals surface area contributed by atoms with Crippen LogP contribution in [-0.4, -0.2) is 21.4 Å². The van der Waals surface area contributed by atoms with E-state index in [0.717, 1.165) is 6.42 Å². The Hall–Kier alpha value is -0.0800. The minimum atomic E-state index is -0.654. The van der Waals surface area contributed by atoms with E-state index in [2.05, 4.69) is 0 Å². The van der Waals surface area contributed by atoms with E-state index in [0.29, 0.717) is 12.8 Å². The lowest BCUT2D eigenvalue weighted by atomic mass is 9.83. The van der Waals surface area contributed by atoms with Gasteiger partial charge in [0.25, 0.3) is 0 Å². The standard InChI is InChI=1S/C11H24O2/c1-6-10(4,12)7-8-11(5,13)9(2)3/h9,12-13H,6-8H2,1-5H3. The van der Waals surface area contributed by atoms with Gasteiger partial charge < -0.3 is 10.2 Å². The molecule has 0 aliphatic carbocycles. The predicted octanol–water partition coefficient (Wildman–Crippen LogP) is 2.33. The second kappa shape index (κ2) is 4.43. The average molecular weight is 188 g/mol. The molecule has 0 amide bonds. The van der Waals surface area contributed by atoms with E-state index < -0.39 is 11.2 Å². The molecule has 0 aliphatic rings. The van der Waals surface area contributed by atoms with Crippen LogP contribution in [0.5, 0.6) is 0 Å². The summed E-state index contributed by atoms with van der Waals surface area (Å²) >= 11 is 0. The molecule has 80 valence electrons. The predicted molar refractivity (Wildman–Crippen MR) is 55.6 cm³/mol. The number of hydrogen-bond acceptors (Lipinski definition) is 2. The minimum absolute atomic E-state index is 0.236. The Balaban J connectivity index is 4.02. The zero-order valence-electron chi connectivity index (χ0n) is 9.59. The van der Waals surface area contributed by atoms with Crippen molar-refractivity contribution >= 4 is 0 Å².